The van der Waals surface area contributed by atoms with Crippen molar-refractivity contribution in [1.29, 1.82) is 0 Å². The molecule has 0 saturated carbocycles. The van der Waals surface area contributed by atoms with Crippen LogP contribution in [-0.4, -0.2) is 35.3 Å². The van der Waals surface area contributed by atoms with Crippen molar-refractivity contribution in [2.24, 2.45) is 5.92 Å². The van der Waals surface area contributed by atoms with Crippen LogP contribution in [0.3, 0.4) is 0 Å². The van der Waals surface area contributed by atoms with Crippen molar-refractivity contribution in [1.82, 2.24) is 9.97 Å². The van der Waals surface area contributed by atoms with Crippen LogP contribution in [0.5, 0.6) is 0 Å². The molecule has 0 bridgehead atoms. The maximum atomic E-state index is 13.2. The number of benzene rings is 1. The van der Waals surface area contributed by atoms with Gasteiger partial charge in [-0.2, -0.15) is 0 Å². The van der Waals surface area contributed by atoms with Gasteiger partial charge in [0.2, 0.25) is 0 Å². The molecule has 1 N–H and O–H groups in total. The maximum absolute atomic E-state index is 13.2. The van der Waals surface area contributed by atoms with Gasteiger partial charge in [0, 0.05) is 68.1 Å². The summed E-state index contributed by atoms with van der Waals surface area (Å²) in [6, 6.07) is 14.1. The molecule has 0 amide bonds. The average Bonchev–Trinajstić information content (AvgIpc) is 3.14. The third-order valence-corrected chi connectivity index (χ3v) is 5.76. The van der Waals surface area contributed by atoms with Crippen molar-refractivity contribution in [3.05, 3.63) is 77.2 Å². The van der Waals surface area contributed by atoms with E-state index in [0.29, 0.717) is 32.3 Å². The summed E-state index contributed by atoms with van der Waals surface area (Å²) in [7, 11) is 1.63. The number of nitrogens with zero attached hydrogens (tertiary/aromatic N) is 1. The van der Waals surface area contributed by atoms with E-state index in [1.807, 2.05) is 30.3 Å². The zero-order valence-electron chi connectivity index (χ0n) is 17.2. The third kappa shape index (κ3) is 4.26. The van der Waals surface area contributed by atoms with E-state index in [0.717, 1.165) is 33.6 Å². The van der Waals surface area contributed by atoms with Crippen LogP contribution in [0.4, 0.5) is 0 Å². The first-order valence-electron chi connectivity index (χ1n) is 10.4. The molecule has 3 aromatic rings. The van der Waals surface area contributed by atoms with E-state index >= 15 is 0 Å². The van der Waals surface area contributed by atoms with E-state index in [1.165, 1.54) is 0 Å². The summed E-state index contributed by atoms with van der Waals surface area (Å²) in [4.78, 5) is 33.4. The zero-order valence-corrected chi connectivity index (χ0v) is 17.2. The van der Waals surface area contributed by atoms with E-state index in [2.05, 4.69) is 22.1 Å². The monoisotopic (exact) mass is 402 g/mol. The maximum Gasteiger partial charge on any atom is 0.165 e. The second-order valence-electron chi connectivity index (χ2n) is 7.82. The molecule has 2 heterocycles. The molecule has 1 aromatic carbocycles. The van der Waals surface area contributed by atoms with Gasteiger partial charge >= 0.3 is 0 Å². The molecule has 4 rings (SSSR count). The molecular formula is C25H26N2O3. The molecule has 5 heteroatoms. The fourth-order valence-corrected chi connectivity index (χ4v) is 4.29. The van der Waals surface area contributed by atoms with E-state index in [1.54, 1.807) is 19.5 Å². The van der Waals surface area contributed by atoms with E-state index in [4.69, 9.17) is 4.74 Å². The van der Waals surface area contributed by atoms with Crippen LogP contribution in [0, 0.1) is 5.92 Å². The summed E-state index contributed by atoms with van der Waals surface area (Å²) >= 11 is 0. The summed E-state index contributed by atoms with van der Waals surface area (Å²) < 4.78 is 5.05. The van der Waals surface area contributed by atoms with Gasteiger partial charge in [0.25, 0.3) is 0 Å². The minimum Gasteiger partial charge on any atom is -0.385 e. The van der Waals surface area contributed by atoms with Gasteiger partial charge in [-0.15, -0.1) is 0 Å². The number of pyridine rings is 1. The lowest BCUT2D eigenvalue weighted by molar-refractivity contribution is -0.123. The number of hydrogen-bond acceptors (Lipinski definition) is 4. The number of nitrogens with one attached hydrogen (secondary N) is 1. The summed E-state index contributed by atoms with van der Waals surface area (Å²) in [6.07, 6.45) is 6.20. The molecule has 1 unspecified atom stereocenters. The van der Waals surface area contributed by atoms with Gasteiger partial charge in [0.15, 0.2) is 5.78 Å². The molecule has 0 aliphatic heterocycles. The Balaban J connectivity index is 1.69. The van der Waals surface area contributed by atoms with E-state index < -0.39 is 0 Å². The molecule has 5 nitrogen and oxygen atoms in total. The van der Waals surface area contributed by atoms with E-state index in [9.17, 15) is 9.59 Å². The van der Waals surface area contributed by atoms with Crippen LogP contribution in [-0.2, 0) is 22.4 Å². The highest BCUT2D eigenvalue weighted by molar-refractivity contribution is 6.04. The SMILES string of the molecule is COCCCC(=O)C1CC(=O)c2c([nH]c(-c3ccncc3)c2Cc2ccccc2)C1. The smallest absolute Gasteiger partial charge is 0.165 e. The number of H-pyrrole nitrogens is 1. The molecule has 0 radical (unpaired) electrons. The summed E-state index contributed by atoms with van der Waals surface area (Å²) in [5.74, 6) is -0.0464. The number of carbonyl (C=O) groups excluding carboxylic acids is 2. The minimum atomic E-state index is -0.254. The van der Waals surface area contributed by atoms with Crippen molar-refractivity contribution < 1.29 is 14.3 Å². The number of aromatic amines is 1. The highest BCUT2D eigenvalue weighted by Gasteiger charge is 2.34. The van der Waals surface area contributed by atoms with Crippen LogP contribution in [0.2, 0.25) is 0 Å². The fraction of sp³-hybridized carbons (Fsp3) is 0.320. The van der Waals surface area contributed by atoms with Gasteiger partial charge in [0.1, 0.15) is 5.78 Å². The Bertz CT molecular complexity index is 1030. The number of aromatic nitrogens is 2. The van der Waals surface area contributed by atoms with E-state index in [-0.39, 0.29) is 23.9 Å². The highest BCUT2D eigenvalue weighted by atomic mass is 16.5. The molecule has 1 atom stereocenters. The molecule has 2 aromatic heterocycles. The summed E-state index contributed by atoms with van der Waals surface area (Å²) in [6.45, 7) is 0.563. The lowest BCUT2D eigenvalue weighted by atomic mass is 9.81. The number of rotatable bonds is 8. The van der Waals surface area contributed by atoms with Crippen molar-refractivity contribution in [2.75, 3.05) is 13.7 Å². The zero-order chi connectivity index (χ0) is 20.9. The standard InChI is InChI=1S/C25H26N2O3/c1-30-13-5-8-22(28)19-15-21-24(23(29)16-19)20(14-17-6-3-2-4-7-17)25(27-21)18-9-11-26-12-10-18/h2-4,6-7,9-12,19,27H,5,8,13-16H2,1H3. The highest BCUT2D eigenvalue weighted by Crippen LogP contribution is 2.36. The number of fused-ring (bicyclic) bond motifs is 1. The normalized spacial score (nSPS) is 15.8. The van der Waals surface area contributed by atoms with Crippen molar-refractivity contribution in [2.45, 2.75) is 32.1 Å². The first-order chi connectivity index (χ1) is 14.7. The van der Waals surface area contributed by atoms with Crippen molar-refractivity contribution in [3.63, 3.8) is 0 Å². The van der Waals surface area contributed by atoms with Crippen LogP contribution in [0.25, 0.3) is 11.3 Å². The topological polar surface area (TPSA) is 72.1 Å². The van der Waals surface area contributed by atoms with Crippen LogP contribution in [0.15, 0.2) is 54.9 Å². The largest absolute Gasteiger partial charge is 0.385 e. The predicted octanol–water partition coefficient (Wildman–Crippen LogP) is 4.41. The number of methoxy groups -OCH3 is 1. The molecule has 1 aliphatic carbocycles. The molecular weight excluding hydrogens is 376 g/mol. The number of carbonyl (C=O) groups is 2. The second-order valence-corrected chi connectivity index (χ2v) is 7.82. The Hall–Kier alpha value is -3.05. The quantitative estimate of drug-likeness (QED) is 0.567. The minimum absolute atomic E-state index is 0.0591. The Morgan fingerprint density at radius 3 is 2.63 bits per heavy atom. The van der Waals surface area contributed by atoms with Crippen LogP contribution >= 0.6 is 0 Å². The first-order valence-corrected chi connectivity index (χ1v) is 10.4. The third-order valence-electron chi connectivity index (χ3n) is 5.76. The molecule has 30 heavy (non-hydrogen) atoms. The predicted molar refractivity (Wildman–Crippen MR) is 116 cm³/mol. The van der Waals surface area contributed by atoms with Gasteiger partial charge < -0.3 is 9.72 Å². The lowest BCUT2D eigenvalue weighted by Crippen LogP contribution is -2.27. The van der Waals surface area contributed by atoms with Crippen LogP contribution < -0.4 is 0 Å². The molecule has 0 fully saturated rings. The van der Waals surface area contributed by atoms with Gasteiger partial charge in [-0.05, 0) is 36.1 Å². The van der Waals surface area contributed by atoms with Crippen molar-refractivity contribution >= 4 is 11.6 Å². The second kappa shape index (κ2) is 9.18. The fourth-order valence-electron chi connectivity index (χ4n) is 4.29. The lowest BCUT2D eigenvalue weighted by Gasteiger charge is -2.21. The average molecular weight is 402 g/mol. The Morgan fingerprint density at radius 1 is 1.13 bits per heavy atom. The Morgan fingerprint density at radius 2 is 1.90 bits per heavy atom. The Labute approximate surface area is 176 Å². The number of hydrogen-bond donors (Lipinski definition) is 1. The van der Waals surface area contributed by atoms with Gasteiger partial charge in [-0.25, -0.2) is 0 Å². The van der Waals surface area contributed by atoms with Crippen LogP contribution in [0.1, 0.15) is 46.4 Å². The number of Topliss-reactive ketones (excluding diaryl/α,β-unsaturated/α-hetero) is 2. The first kappa shape index (κ1) is 20.2. The molecule has 0 saturated heterocycles. The number of ether oxygens (including phenoxy) is 1. The van der Waals surface area contributed by atoms with Crippen molar-refractivity contribution in [3.8, 4) is 11.3 Å². The van der Waals surface area contributed by atoms with Gasteiger partial charge in [0.05, 0.1) is 5.69 Å². The molecule has 0 spiro atoms. The Kier molecular flexibility index (Phi) is 6.19. The summed E-state index contributed by atoms with van der Waals surface area (Å²) in [5, 5.41) is 0. The van der Waals surface area contributed by atoms with Gasteiger partial charge in [-0.1, -0.05) is 30.3 Å². The van der Waals surface area contributed by atoms with Gasteiger partial charge in [-0.3, -0.25) is 14.6 Å². The number of ketones is 2. The molecule has 1 aliphatic rings. The summed E-state index contributed by atoms with van der Waals surface area (Å²) in [5.41, 5.74) is 5.77. The molecule has 154 valence electrons.